The summed E-state index contributed by atoms with van der Waals surface area (Å²) >= 11 is 1.33. The number of nitrogens with one attached hydrogen (secondary N) is 3. The van der Waals surface area contributed by atoms with Crippen molar-refractivity contribution in [3.63, 3.8) is 0 Å². The molecule has 0 saturated carbocycles. The fourth-order valence-corrected chi connectivity index (χ4v) is 6.26. The SMILES string of the molecule is CC.CC1(C)S[C@@H]2[C@H](NC(=O)[C@H](NC(=O)c3ccc(-c4[c-]nn[nH]4)cc3)c3ccccc3)C(=O)N2[C@H]1C(=O)O.CCP(C)C.[Au+]. The average molecular weight is 837 g/mol. The van der Waals surface area contributed by atoms with Gasteiger partial charge in [0.15, 0.2) is 0 Å². The minimum absolute atomic E-state index is 0. The van der Waals surface area contributed by atoms with Gasteiger partial charge in [-0.2, -0.15) is 0 Å². The van der Waals surface area contributed by atoms with Crippen molar-refractivity contribution in [1.29, 1.82) is 0 Å². The largest absolute Gasteiger partial charge is 1.00 e. The number of carboxylic acids is 1. The zero-order valence-electron chi connectivity index (χ0n) is 26.3. The van der Waals surface area contributed by atoms with Crippen molar-refractivity contribution >= 4 is 43.4 Å². The number of aromatic amines is 1. The summed E-state index contributed by atoms with van der Waals surface area (Å²) in [7, 11) is 0.402. The second-order valence-electron chi connectivity index (χ2n) is 10.7. The smallest absolute Gasteiger partial charge is 0.480 e. The van der Waals surface area contributed by atoms with Crippen molar-refractivity contribution in [2.45, 2.75) is 62.9 Å². The molecule has 0 aliphatic carbocycles. The van der Waals surface area contributed by atoms with Crippen molar-refractivity contribution in [2.75, 3.05) is 19.5 Å². The minimum atomic E-state index is -1.08. The third-order valence-corrected chi connectivity index (χ3v) is 9.92. The molecule has 0 radical (unpaired) electrons. The first-order chi connectivity index (χ1) is 20.9. The fourth-order valence-electron chi connectivity index (χ4n) is 4.63. The topological polar surface area (TPSA) is 157 Å². The number of amides is 3. The molecule has 4 atom stereocenters. The van der Waals surface area contributed by atoms with Crippen LogP contribution in [0.5, 0.6) is 0 Å². The number of H-pyrrole nitrogens is 1. The molecule has 0 unspecified atom stereocenters. The molecule has 3 aromatic rings. The second kappa shape index (κ2) is 17.1. The van der Waals surface area contributed by atoms with Crippen LogP contribution in [0.2, 0.25) is 0 Å². The number of hydrogen-bond donors (Lipinski definition) is 4. The van der Waals surface area contributed by atoms with E-state index in [9.17, 15) is 24.3 Å². The number of thioether (sulfide) groups is 1. The number of carbonyl (C=O) groups excluding carboxylic acids is 3. The van der Waals surface area contributed by atoms with E-state index >= 15 is 0 Å². The predicted octanol–water partition coefficient (Wildman–Crippen LogP) is 4.15. The van der Waals surface area contributed by atoms with E-state index in [1.807, 2.05) is 13.8 Å². The summed E-state index contributed by atoms with van der Waals surface area (Å²) in [5.41, 5.74) is 2.18. The number of carboxylic acid groups (broad SMARTS) is 1. The minimum Gasteiger partial charge on any atom is -0.480 e. The maximum absolute atomic E-state index is 13.4. The Labute approximate surface area is 285 Å². The van der Waals surface area contributed by atoms with Crippen LogP contribution in [0.15, 0.2) is 54.6 Å². The Morgan fingerprint density at radius 2 is 1.71 bits per heavy atom. The maximum atomic E-state index is 13.4. The molecule has 14 heteroatoms. The molecule has 2 saturated heterocycles. The maximum Gasteiger partial charge on any atom is 1.00 e. The number of hydrogen-bond acceptors (Lipinski definition) is 7. The van der Waals surface area contributed by atoms with Crippen LogP contribution in [0.3, 0.4) is 0 Å². The average Bonchev–Trinajstić information content (AvgIpc) is 3.65. The van der Waals surface area contributed by atoms with E-state index in [2.05, 4.69) is 52.5 Å². The van der Waals surface area contributed by atoms with Crippen LogP contribution in [0, 0.1) is 6.20 Å². The first kappa shape index (κ1) is 38.2. The van der Waals surface area contributed by atoms with Crippen LogP contribution >= 0.6 is 19.7 Å². The number of nitrogens with zero attached hydrogens (tertiary/aromatic N) is 3. The molecule has 4 N–H and O–H groups in total. The molecule has 2 aromatic carbocycles. The van der Waals surface area contributed by atoms with Gasteiger partial charge in [-0.1, -0.05) is 80.3 Å². The number of aliphatic carboxylic acids is 1. The van der Waals surface area contributed by atoms with Crippen LogP contribution in [0.4, 0.5) is 0 Å². The molecule has 3 amide bonds. The Balaban J connectivity index is 0.000000805. The molecule has 0 bridgehead atoms. The number of fused-ring (bicyclic) bond motifs is 1. The van der Waals surface area contributed by atoms with Crippen molar-refractivity contribution < 1.29 is 46.7 Å². The van der Waals surface area contributed by atoms with E-state index < -0.39 is 51.9 Å². The van der Waals surface area contributed by atoms with E-state index in [1.54, 1.807) is 68.4 Å². The Hall–Kier alpha value is -3.02. The molecule has 2 fully saturated rings. The van der Waals surface area contributed by atoms with Crippen molar-refractivity contribution in [2.24, 2.45) is 0 Å². The molecule has 45 heavy (non-hydrogen) atoms. The fraction of sp³-hybridized carbons (Fsp3) is 0.419. The quantitative estimate of drug-likeness (QED) is 0.114. The Morgan fingerprint density at radius 1 is 1.11 bits per heavy atom. The van der Waals surface area contributed by atoms with Crippen molar-refractivity contribution in [3.05, 3.63) is 71.9 Å². The molecular formula is C31H40AuN6O5PS. The van der Waals surface area contributed by atoms with Gasteiger partial charge in [0.25, 0.3) is 5.91 Å². The van der Waals surface area contributed by atoms with Gasteiger partial charge < -0.3 is 20.6 Å². The number of β-lactam (4-membered cyclic amide) rings is 1. The first-order valence-corrected chi connectivity index (χ1v) is 17.7. The van der Waals surface area contributed by atoms with E-state index in [0.717, 1.165) is 5.56 Å². The molecule has 3 heterocycles. The van der Waals surface area contributed by atoms with Gasteiger partial charge in [0.05, 0.1) is 0 Å². The summed E-state index contributed by atoms with van der Waals surface area (Å²) in [5, 5.41) is 24.5. The van der Waals surface area contributed by atoms with Gasteiger partial charge in [-0.25, -0.2) is 9.89 Å². The molecule has 0 spiro atoms. The van der Waals surface area contributed by atoms with Gasteiger partial charge in [0.2, 0.25) is 11.8 Å². The number of aromatic nitrogens is 3. The van der Waals surface area contributed by atoms with E-state index in [0.29, 0.717) is 24.7 Å². The molecular weight excluding hydrogens is 796 g/mol. The number of carbonyl (C=O) groups is 4. The van der Waals surface area contributed by atoms with Gasteiger partial charge in [-0.15, -0.1) is 37.4 Å². The molecule has 11 nitrogen and oxygen atoms in total. The normalized spacial score (nSPS) is 19.7. The van der Waals surface area contributed by atoms with Gasteiger partial charge in [-0.05, 0) is 38.9 Å². The van der Waals surface area contributed by atoms with Crippen LogP contribution < -0.4 is 10.6 Å². The van der Waals surface area contributed by atoms with E-state index in [4.69, 9.17) is 0 Å². The zero-order valence-corrected chi connectivity index (χ0v) is 30.2. The van der Waals surface area contributed by atoms with Crippen LogP contribution in [0.25, 0.3) is 11.3 Å². The second-order valence-corrected chi connectivity index (χ2v) is 15.2. The van der Waals surface area contributed by atoms with E-state index in [-0.39, 0.29) is 22.4 Å². The van der Waals surface area contributed by atoms with Gasteiger partial charge in [0, 0.05) is 10.3 Å². The summed E-state index contributed by atoms with van der Waals surface area (Å²) in [6.45, 7) is 14.3. The van der Waals surface area contributed by atoms with E-state index in [1.165, 1.54) is 22.8 Å². The first-order valence-electron chi connectivity index (χ1n) is 14.4. The Morgan fingerprint density at radius 3 is 2.22 bits per heavy atom. The number of benzene rings is 2. The van der Waals surface area contributed by atoms with Gasteiger partial charge in [-0.3, -0.25) is 19.5 Å². The van der Waals surface area contributed by atoms with Gasteiger partial charge in [0.1, 0.15) is 23.5 Å². The summed E-state index contributed by atoms with van der Waals surface area (Å²) in [6, 6.07) is 12.4. The van der Waals surface area contributed by atoms with Gasteiger partial charge >= 0.3 is 28.3 Å². The Bertz CT molecular complexity index is 1430. The van der Waals surface area contributed by atoms with Crippen LogP contribution in [-0.2, 0) is 36.8 Å². The standard InChI is InChI=1S/C25H23N6O5S.C4H11P.C2H6.Au/c1-25(2)19(24(35)36)31-22(34)18(23(31)37-25)28-21(33)17(14-6-4-3-5-7-14)27-20(32)15-10-8-13(9-11-15)16-12-26-30-29-16;1-4-5(2)3;1-2;/h3-11,17-19,23H,1-2H3,(H,27,32)(H,28,33)(H,35,36)(H,26,29,30);4H2,1-3H3;1-2H3;/q-1;;;+1/t17-,18-,19+,23-;;;/m1.../s1. The third-order valence-electron chi connectivity index (χ3n) is 7.09. The summed E-state index contributed by atoms with van der Waals surface area (Å²) in [4.78, 5) is 52.4. The summed E-state index contributed by atoms with van der Waals surface area (Å²) in [6.07, 6.45) is 4.07. The molecule has 246 valence electrons. The molecule has 5 rings (SSSR count). The van der Waals surface area contributed by atoms with Crippen LogP contribution in [0.1, 0.15) is 56.6 Å². The summed E-state index contributed by atoms with van der Waals surface area (Å²) < 4.78 is -0.713. The van der Waals surface area contributed by atoms with Crippen LogP contribution in [-0.4, -0.2) is 90.8 Å². The zero-order chi connectivity index (χ0) is 32.6. The number of rotatable bonds is 8. The molecule has 2 aliphatic heterocycles. The molecule has 1 aromatic heterocycles. The monoisotopic (exact) mass is 836 g/mol. The molecule has 2 aliphatic rings. The third kappa shape index (κ3) is 9.04. The Kier molecular flexibility index (Phi) is 14.5. The van der Waals surface area contributed by atoms with Crippen molar-refractivity contribution in [3.8, 4) is 11.3 Å². The summed E-state index contributed by atoms with van der Waals surface area (Å²) in [5.74, 6) is -2.58. The predicted molar refractivity (Wildman–Crippen MR) is 174 cm³/mol. The van der Waals surface area contributed by atoms with Crippen molar-refractivity contribution in [1.82, 2.24) is 30.9 Å².